The number of hydrogen-bond acceptors (Lipinski definition) is 9. The fourth-order valence-electron chi connectivity index (χ4n) is 8.91. The molecule has 3 fully saturated rings. The van der Waals surface area contributed by atoms with Crippen molar-refractivity contribution in [2.75, 3.05) is 6.61 Å². The Morgan fingerprint density at radius 1 is 1.12 bits per heavy atom. The summed E-state index contributed by atoms with van der Waals surface area (Å²) in [5.41, 5.74) is -2.81. The summed E-state index contributed by atoms with van der Waals surface area (Å²) >= 11 is 0. The van der Waals surface area contributed by atoms with Crippen molar-refractivity contribution in [1.82, 2.24) is 0 Å². The molecule has 1 heterocycles. The van der Waals surface area contributed by atoms with Gasteiger partial charge in [0.25, 0.3) is 0 Å². The lowest BCUT2D eigenvalue weighted by Crippen LogP contribution is -2.79. The number of fused-ring (bicyclic) bond motifs is 5. The van der Waals surface area contributed by atoms with Crippen LogP contribution in [0.2, 0.25) is 0 Å². The molecule has 41 heavy (non-hydrogen) atoms. The van der Waals surface area contributed by atoms with Crippen molar-refractivity contribution in [2.24, 2.45) is 28.6 Å². The van der Waals surface area contributed by atoms with Crippen molar-refractivity contribution in [2.45, 2.75) is 97.4 Å². The van der Waals surface area contributed by atoms with Crippen LogP contribution in [0.4, 0.5) is 4.79 Å². The number of carbonyl (C=O) groups is 3. The molecule has 3 aliphatic carbocycles. The third kappa shape index (κ3) is 4.18. The molecular weight excluding hydrogens is 528 g/mol. The second kappa shape index (κ2) is 9.92. The topological polar surface area (TPSA) is 129 Å². The number of carbonyl (C=O) groups excluding carboxylic acids is 3. The lowest BCUT2D eigenvalue weighted by molar-refractivity contribution is -0.338. The van der Waals surface area contributed by atoms with Crippen LogP contribution in [0.15, 0.2) is 41.5 Å². The summed E-state index contributed by atoms with van der Waals surface area (Å²) in [5.74, 6) is -2.90. The summed E-state index contributed by atoms with van der Waals surface area (Å²) in [6.07, 6.45) is -3.31. The van der Waals surface area contributed by atoms with Crippen molar-refractivity contribution in [3.05, 3.63) is 47.0 Å². The van der Waals surface area contributed by atoms with Crippen molar-refractivity contribution in [1.29, 1.82) is 0 Å². The maximum atomic E-state index is 14.8. The first kappa shape index (κ1) is 29.7. The fourth-order valence-corrected chi connectivity index (χ4v) is 8.91. The van der Waals surface area contributed by atoms with Crippen LogP contribution in [0.5, 0.6) is 0 Å². The number of esters is 1. The molecule has 9 heteroatoms. The monoisotopic (exact) mass is 570 g/mol. The van der Waals surface area contributed by atoms with E-state index in [2.05, 4.69) is 0 Å². The first-order valence-corrected chi connectivity index (χ1v) is 14.5. The molecule has 2 N–H and O–H groups in total. The minimum Gasteiger partial charge on any atom is -0.454 e. The molecular formula is C32H42O9. The normalized spacial score (nSPS) is 41.1. The van der Waals surface area contributed by atoms with E-state index in [1.54, 1.807) is 13.8 Å². The van der Waals surface area contributed by atoms with Gasteiger partial charge < -0.3 is 29.2 Å². The molecule has 9 unspecified atom stereocenters. The van der Waals surface area contributed by atoms with Gasteiger partial charge in [0.2, 0.25) is 0 Å². The molecule has 0 radical (unpaired) electrons. The average Bonchev–Trinajstić information content (AvgIpc) is 2.90. The SMILES string of the molecule is CC(=O)OC12COC1CC(OC(=O)OCc1ccccc1)C1(C)C(=O)C(C)C3=C(C)C(O)CC(O)(C(C)C21)C3(C)C. The summed E-state index contributed by atoms with van der Waals surface area (Å²) in [6, 6.07) is 9.20. The third-order valence-corrected chi connectivity index (χ3v) is 10.9. The lowest BCUT2D eigenvalue weighted by atomic mass is 9.42. The second-order valence-electron chi connectivity index (χ2n) is 13.2. The van der Waals surface area contributed by atoms with Crippen LogP contribution in [-0.2, 0) is 35.1 Å². The van der Waals surface area contributed by atoms with Gasteiger partial charge in [0.15, 0.2) is 5.60 Å². The predicted octanol–water partition coefficient (Wildman–Crippen LogP) is 4.13. The van der Waals surface area contributed by atoms with Gasteiger partial charge in [0.1, 0.15) is 24.6 Å². The largest absolute Gasteiger partial charge is 0.508 e. The molecule has 2 bridgehead atoms. The van der Waals surface area contributed by atoms with E-state index in [0.29, 0.717) is 11.1 Å². The smallest absolute Gasteiger partial charge is 0.454 e. The Balaban J connectivity index is 1.62. The van der Waals surface area contributed by atoms with Gasteiger partial charge in [-0.3, -0.25) is 9.59 Å². The molecule has 4 aliphatic rings. The number of Topliss-reactive ketones (excluding diaryl/α,β-unsaturated/α-hetero) is 1. The maximum Gasteiger partial charge on any atom is 0.508 e. The molecule has 1 aliphatic heterocycles. The number of aliphatic hydroxyl groups is 2. The van der Waals surface area contributed by atoms with Crippen molar-refractivity contribution < 1.29 is 43.5 Å². The average molecular weight is 571 g/mol. The Bertz CT molecular complexity index is 1270. The highest BCUT2D eigenvalue weighted by molar-refractivity contribution is 5.91. The fraction of sp³-hybridized carbons (Fsp3) is 0.656. The van der Waals surface area contributed by atoms with Gasteiger partial charge in [-0.25, -0.2) is 4.79 Å². The summed E-state index contributed by atoms with van der Waals surface area (Å²) in [7, 11) is 0. The van der Waals surface area contributed by atoms with Gasteiger partial charge in [0, 0.05) is 37.0 Å². The van der Waals surface area contributed by atoms with Crippen LogP contribution in [-0.4, -0.2) is 64.2 Å². The minimum absolute atomic E-state index is 0.00249. The first-order valence-electron chi connectivity index (χ1n) is 14.5. The quantitative estimate of drug-likeness (QED) is 0.406. The summed E-state index contributed by atoms with van der Waals surface area (Å²) in [4.78, 5) is 40.4. The van der Waals surface area contributed by atoms with E-state index in [1.807, 2.05) is 58.0 Å². The zero-order valence-corrected chi connectivity index (χ0v) is 24.9. The van der Waals surface area contributed by atoms with E-state index in [-0.39, 0.29) is 31.8 Å². The molecule has 5 rings (SSSR count). The number of rotatable bonds is 4. The Labute approximate surface area is 241 Å². The van der Waals surface area contributed by atoms with Crippen LogP contribution >= 0.6 is 0 Å². The standard InChI is InChI=1S/C32H42O9/c1-17-22(34)14-32(37)19(3)26-30(7,27(35)18(2)25(17)29(32,5)6)23(13-24-31(26,16-39-24)41-20(4)33)40-28(36)38-15-21-11-9-8-10-12-21/h8-12,18-19,22-24,26,34,37H,13-16H2,1-7H3. The predicted molar refractivity (Wildman–Crippen MR) is 147 cm³/mol. The van der Waals surface area contributed by atoms with Crippen LogP contribution in [0, 0.1) is 28.6 Å². The van der Waals surface area contributed by atoms with Crippen LogP contribution in [0.3, 0.4) is 0 Å². The van der Waals surface area contributed by atoms with E-state index in [0.717, 1.165) is 5.56 Å². The number of ether oxygens (including phenoxy) is 4. The number of ketones is 1. The highest BCUT2D eigenvalue weighted by atomic mass is 16.7. The molecule has 0 amide bonds. The minimum atomic E-state index is -1.48. The second-order valence-corrected chi connectivity index (χ2v) is 13.2. The summed E-state index contributed by atoms with van der Waals surface area (Å²) < 4.78 is 23.4. The molecule has 9 nitrogen and oxygen atoms in total. The van der Waals surface area contributed by atoms with E-state index < -0.39 is 70.2 Å². The van der Waals surface area contributed by atoms with E-state index in [1.165, 1.54) is 6.92 Å². The van der Waals surface area contributed by atoms with Crippen LogP contribution in [0.25, 0.3) is 0 Å². The molecule has 0 spiro atoms. The number of hydrogen-bond donors (Lipinski definition) is 2. The molecule has 9 atom stereocenters. The van der Waals surface area contributed by atoms with Crippen molar-refractivity contribution in [3.8, 4) is 0 Å². The lowest BCUT2D eigenvalue weighted by Gasteiger charge is -2.68. The third-order valence-electron chi connectivity index (χ3n) is 10.9. The summed E-state index contributed by atoms with van der Waals surface area (Å²) in [6.45, 7) is 12.4. The van der Waals surface area contributed by atoms with Gasteiger partial charge in [0.05, 0.1) is 23.7 Å². The molecule has 2 saturated carbocycles. The molecule has 0 aromatic heterocycles. The van der Waals surface area contributed by atoms with Gasteiger partial charge >= 0.3 is 12.1 Å². The van der Waals surface area contributed by atoms with Crippen molar-refractivity contribution in [3.63, 3.8) is 0 Å². The van der Waals surface area contributed by atoms with Crippen LogP contribution in [0.1, 0.15) is 66.9 Å². The highest BCUT2D eigenvalue weighted by Crippen LogP contribution is 2.66. The first-order chi connectivity index (χ1) is 19.1. The maximum absolute atomic E-state index is 14.8. The molecule has 1 saturated heterocycles. The van der Waals surface area contributed by atoms with Gasteiger partial charge in [-0.2, -0.15) is 0 Å². The summed E-state index contributed by atoms with van der Waals surface area (Å²) in [5, 5.41) is 23.7. The Kier molecular flexibility index (Phi) is 7.19. The zero-order chi connectivity index (χ0) is 30.1. The Hall–Kier alpha value is -2.75. The van der Waals surface area contributed by atoms with Crippen molar-refractivity contribution >= 4 is 17.9 Å². The number of aliphatic hydroxyl groups excluding tert-OH is 1. The van der Waals surface area contributed by atoms with E-state index >= 15 is 0 Å². The molecule has 224 valence electrons. The Morgan fingerprint density at radius 2 is 1.78 bits per heavy atom. The van der Waals surface area contributed by atoms with Crippen LogP contribution < -0.4 is 0 Å². The molecule has 1 aromatic carbocycles. The zero-order valence-electron chi connectivity index (χ0n) is 24.9. The van der Waals surface area contributed by atoms with E-state index in [4.69, 9.17) is 18.9 Å². The number of benzene rings is 1. The highest BCUT2D eigenvalue weighted by Gasteiger charge is 2.76. The van der Waals surface area contributed by atoms with E-state index in [9.17, 15) is 24.6 Å². The molecule has 1 aromatic rings. The van der Waals surface area contributed by atoms with Gasteiger partial charge in [-0.05, 0) is 36.5 Å². The van der Waals surface area contributed by atoms with Gasteiger partial charge in [-0.15, -0.1) is 0 Å². The Morgan fingerprint density at radius 3 is 2.37 bits per heavy atom. The van der Waals surface area contributed by atoms with Gasteiger partial charge in [-0.1, -0.05) is 58.0 Å².